The van der Waals surface area contributed by atoms with Crippen LogP contribution in [0.1, 0.15) is 67.9 Å². The van der Waals surface area contributed by atoms with Crippen LogP contribution in [-0.2, 0) is 48.0 Å². The first-order chi connectivity index (χ1) is 32.3. The summed E-state index contributed by atoms with van der Waals surface area (Å²) in [6.45, 7) is 16.8. The summed E-state index contributed by atoms with van der Waals surface area (Å²) < 4.78 is 13.8. The summed E-state index contributed by atoms with van der Waals surface area (Å²) in [5.74, 6) is 1.08. The lowest BCUT2D eigenvalue weighted by Gasteiger charge is -2.34. The van der Waals surface area contributed by atoms with Gasteiger partial charge in [0.25, 0.3) is 0 Å². The molecular weight excluding hydrogens is 837 g/mol. The van der Waals surface area contributed by atoms with Crippen molar-refractivity contribution in [2.45, 2.75) is 64.6 Å². The largest absolute Gasteiger partial charge is 0.459 e. The van der Waals surface area contributed by atoms with Crippen LogP contribution in [0.25, 0.3) is 11.6 Å². The van der Waals surface area contributed by atoms with Crippen molar-refractivity contribution < 1.29 is 19.1 Å². The predicted molar refractivity (Wildman–Crippen MR) is 245 cm³/mol. The molecular formula is C48H58N14O4. The smallest absolute Gasteiger partial charge is 0.338 e. The Morgan fingerprint density at radius 2 is 0.864 bits per heavy atom. The zero-order valence-corrected chi connectivity index (χ0v) is 37.9. The Balaban J connectivity index is 0.000000166. The molecule has 18 nitrogen and oxygen atoms in total. The monoisotopic (exact) mass is 894 g/mol. The summed E-state index contributed by atoms with van der Waals surface area (Å²) in [7, 11) is 0. The summed E-state index contributed by atoms with van der Waals surface area (Å²) in [6.07, 6.45) is 12.4. The lowest BCUT2D eigenvalue weighted by molar-refractivity contribution is 0.0290. The molecule has 2 saturated heterocycles. The molecule has 2 atom stereocenters. The number of hydrogen-bond acceptors (Lipinski definition) is 16. The van der Waals surface area contributed by atoms with Gasteiger partial charge >= 0.3 is 11.9 Å². The third-order valence-corrected chi connectivity index (χ3v) is 13.0. The lowest BCUT2D eigenvalue weighted by Crippen LogP contribution is -2.47. The van der Waals surface area contributed by atoms with E-state index in [0.29, 0.717) is 0 Å². The fourth-order valence-corrected chi connectivity index (χ4v) is 9.09. The van der Waals surface area contributed by atoms with E-state index in [1.54, 1.807) is 22.0 Å². The summed E-state index contributed by atoms with van der Waals surface area (Å²) in [6, 6.07) is 20.5. The van der Waals surface area contributed by atoms with E-state index >= 15 is 0 Å². The van der Waals surface area contributed by atoms with Crippen molar-refractivity contribution in [1.29, 1.82) is 0 Å². The Kier molecular flexibility index (Phi) is 14.5. The number of rotatable bonds is 14. The van der Waals surface area contributed by atoms with Gasteiger partial charge in [0.05, 0.1) is 11.1 Å². The number of benzene rings is 2. The topological polar surface area (TPSA) is 179 Å². The second kappa shape index (κ2) is 21.3. The summed E-state index contributed by atoms with van der Waals surface area (Å²) in [5.41, 5.74) is 8.76. The van der Waals surface area contributed by atoms with Crippen LogP contribution in [0.15, 0.2) is 85.7 Å². The molecule has 0 radical (unpaired) electrons. The molecule has 344 valence electrons. The number of carbonyl (C=O) groups excluding carboxylic acids is 2. The number of fused-ring (bicyclic) bond motifs is 2. The molecule has 0 spiro atoms. The number of carbonyl (C=O) groups is 2. The molecule has 18 heteroatoms. The van der Waals surface area contributed by atoms with Gasteiger partial charge in [-0.3, -0.25) is 0 Å². The molecule has 0 bridgehead atoms. The van der Waals surface area contributed by atoms with Crippen LogP contribution in [0.5, 0.6) is 0 Å². The first kappa shape index (κ1) is 44.8. The molecule has 4 aliphatic rings. The maximum Gasteiger partial charge on any atom is 0.338 e. The summed E-state index contributed by atoms with van der Waals surface area (Å²) in [5, 5.41) is 22.3. The van der Waals surface area contributed by atoms with E-state index in [0.717, 1.165) is 151 Å². The van der Waals surface area contributed by atoms with Gasteiger partial charge < -0.3 is 29.1 Å². The third kappa shape index (κ3) is 11.7. The number of pyridine rings is 2. The number of aromatic nitrogens is 10. The SMILES string of the molecule is C[C@@H]1Cc2cc(CCN3CCN(CCc4ccc(-n5cnnn5)nc4)CC3)ccc2C(=O)O1.C[C@H]1Cc2cc(CCN3CCN(CCc4ccc(-n5cnnn5)nc4)CC3)ccc2C(=O)O1. The van der Waals surface area contributed by atoms with Crippen LogP contribution in [0, 0.1) is 0 Å². The van der Waals surface area contributed by atoms with E-state index in [9.17, 15) is 9.59 Å². The van der Waals surface area contributed by atoms with Gasteiger partial charge in [-0.15, -0.1) is 10.2 Å². The van der Waals surface area contributed by atoms with Crippen LogP contribution < -0.4 is 0 Å². The van der Waals surface area contributed by atoms with Crippen molar-refractivity contribution in [3.05, 3.63) is 130 Å². The van der Waals surface area contributed by atoms with E-state index in [1.807, 2.05) is 50.5 Å². The van der Waals surface area contributed by atoms with Gasteiger partial charge in [0.1, 0.15) is 24.9 Å². The normalized spacial score (nSPS) is 19.3. The van der Waals surface area contributed by atoms with Crippen LogP contribution in [-0.4, -0.2) is 173 Å². The van der Waals surface area contributed by atoms with Crippen molar-refractivity contribution in [3.8, 4) is 11.6 Å². The van der Waals surface area contributed by atoms with Crippen LogP contribution >= 0.6 is 0 Å². The fourth-order valence-electron chi connectivity index (χ4n) is 9.09. The van der Waals surface area contributed by atoms with E-state index < -0.39 is 0 Å². The van der Waals surface area contributed by atoms with Crippen LogP contribution in [0.4, 0.5) is 0 Å². The Bertz CT molecular complexity index is 2330. The lowest BCUT2D eigenvalue weighted by atomic mass is 9.96. The highest BCUT2D eigenvalue weighted by Crippen LogP contribution is 2.24. The van der Waals surface area contributed by atoms with Gasteiger partial charge in [0.15, 0.2) is 11.6 Å². The van der Waals surface area contributed by atoms with E-state index in [2.05, 4.69) is 97.0 Å². The fraction of sp³-hybridized carbons (Fsp3) is 0.458. The Hall–Kier alpha value is -6.34. The molecule has 4 aromatic heterocycles. The number of nitrogens with zero attached hydrogens (tertiary/aromatic N) is 14. The molecule has 66 heavy (non-hydrogen) atoms. The molecule has 0 unspecified atom stereocenters. The Labute approximate surface area is 384 Å². The van der Waals surface area contributed by atoms with Crippen LogP contribution in [0.3, 0.4) is 0 Å². The Morgan fingerprint density at radius 3 is 1.20 bits per heavy atom. The highest BCUT2D eigenvalue weighted by atomic mass is 16.5. The molecule has 8 heterocycles. The third-order valence-electron chi connectivity index (χ3n) is 13.0. The van der Waals surface area contributed by atoms with Gasteiger partial charge in [0.2, 0.25) is 0 Å². The molecule has 10 rings (SSSR count). The second-order valence-corrected chi connectivity index (χ2v) is 17.7. The van der Waals surface area contributed by atoms with Crippen LogP contribution in [0.2, 0.25) is 0 Å². The molecule has 2 fully saturated rings. The molecule has 2 aromatic carbocycles. The number of tetrazole rings is 2. The van der Waals surface area contributed by atoms with Gasteiger partial charge in [-0.2, -0.15) is 9.36 Å². The minimum atomic E-state index is -0.189. The van der Waals surface area contributed by atoms with Crippen molar-refractivity contribution in [3.63, 3.8) is 0 Å². The molecule has 0 N–H and O–H groups in total. The summed E-state index contributed by atoms with van der Waals surface area (Å²) >= 11 is 0. The number of ether oxygens (including phenoxy) is 2. The molecule has 4 aliphatic heterocycles. The Morgan fingerprint density at radius 1 is 0.500 bits per heavy atom. The zero-order valence-electron chi connectivity index (χ0n) is 37.9. The number of hydrogen-bond donors (Lipinski definition) is 0. The van der Waals surface area contributed by atoms with E-state index in [4.69, 9.17) is 9.47 Å². The van der Waals surface area contributed by atoms with Gasteiger partial charge in [-0.25, -0.2) is 19.6 Å². The maximum absolute atomic E-state index is 12.0. The number of cyclic esters (lactones) is 2. The van der Waals surface area contributed by atoms with Crippen molar-refractivity contribution in [2.24, 2.45) is 0 Å². The van der Waals surface area contributed by atoms with Gasteiger partial charge in [0, 0.05) is 104 Å². The van der Waals surface area contributed by atoms with E-state index in [-0.39, 0.29) is 24.1 Å². The maximum atomic E-state index is 12.0. The van der Waals surface area contributed by atoms with Crippen molar-refractivity contribution in [2.75, 3.05) is 78.5 Å². The molecule has 0 saturated carbocycles. The minimum absolute atomic E-state index is 0.0342. The average molecular weight is 895 g/mol. The first-order valence-electron chi connectivity index (χ1n) is 23.2. The zero-order chi connectivity index (χ0) is 45.2. The highest BCUT2D eigenvalue weighted by Gasteiger charge is 2.25. The summed E-state index contributed by atoms with van der Waals surface area (Å²) in [4.78, 5) is 43.0. The quantitative estimate of drug-likeness (QED) is 0.146. The second-order valence-electron chi connectivity index (χ2n) is 17.7. The van der Waals surface area contributed by atoms with Crippen molar-refractivity contribution >= 4 is 11.9 Å². The molecule has 0 amide bonds. The minimum Gasteiger partial charge on any atom is -0.459 e. The first-order valence-corrected chi connectivity index (χ1v) is 23.2. The molecule has 0 aliphatic carbocycles. The highest BCUT2D eigenvalue weighted by molar-refractivity contribution is 5.92. The van der Waals surface area contributed by atoms with Gasteiger partial charge in [-0.1, -0.05) is 36.4 Å². The van der Waals surface area contributed by atoms with Gasteiger partial charge in [-0.05, 0) is 118 Å². The standard InChI is InChI=1S/2C24H29N7O2/c2*1-18-14-21-15-19(2-4-22(21)24(32)33-18)6-8-29-10-12-30(13-11-29)9-7-20-3-5-23(25-16-20)31-17-26-27-28-31/h2*2-5,15-18H,6-14H2,1H3/t2*18-/m10/s1. The number of esters is 2. The van der Waals surface area contributed by atoms with E-state index in [1.165, 1.54) is 22.3 Å². The molecule has 6 aromatic rings. The number of piperazine rings is 2. The van der Waals surface area contributed by atoms with Crippen molar-refractivity contribution in [1.82, 2.24) is 70.0 Å². The average Bonchev–Trinajstić information content (AvgIpc) is 4.09. The predicted octanol–water partition coefficient (Wildman–Crippen LogP) is 3.12.